The molecule has 2 heterocycles. The topological polar surface area (TPSA) is 69.5 Å². The largest absolute Gasteiger partial charge is 0.305 e. The summed E-state index contributed by atoms with van der Waals surface area (Å²) in [5.74, 6) is 0.862. The van der Waals surface area contributed by atoms with Gasteiger partial charge in [0.15, 0.2) is 5.82 Å². The Kier molecular flexibility index (Phi) is 4.81. The van der Waals surface area contributed by atoms with E-state index in [4.69, 9.17) is 23.2 Å². The quantitative estimate of drug-likeness (QED) is 0.563. The fourth-order valence-corrected chi connectivity index (χ4v) is 5.16. The molecule has 1 aliphatic rings. The normalized spacial score (nSPS) is 17.0. The third-order valence-electron chi connectivity index (χ3n) is 4.82. The standard InChI is InChI=1S/C20H15Cl2N3OS/c1-10-5-6-13-15(7-10)27-20-16(13)19(26)24-18(25-20)12(9-23)8-11-3-2-4-14(21)17(11)22/h2-4,8,10H,5-7H2,1H3,(H,24,25,26)/b12-8+. The van der Waals surface area contributed by atoms with Crippen LogP contribution in [0.3, 0.4) is 0 Å². The van der Waals surface area contributed by atoms with Gasteiger partial charge in [0.2, 0.25) is 0 Å². The highest BCUT2D eigenvalue weighted by molar-refractivity contribution is 7.18. The SMILES string of the molecule is CC1CCc2c(sc3nc(/C(C#N)=C/c4cccc(Cl)c4Cl)[nH]c(=O)c23)C1. The average Bonchev–Trinajstić information content (AvgIpc) is 3.00. The number of aromatic nitrogens is 2. The van der Waals surface area contributed by atoms with Gasteiger partial charge in [0.1, 0.15) is 10.9 Å². The van der Waals surface area contributed by atoms with Crippen molar-refractivity contribution in [2.24, 2.45) is 5.92 Å². The molecule has 2 aromatic heterocycles. The van der Waals surface area contributed by atoms with Crippen molar-refractivity contribution in [3.05, 3.63) is 60.4 Å². The van der Waals surface area contributed by atoms with Gasteiger partial charge in [0.25, 0.3) is 5.56 Å². The lowest BCUT2D eigenvalue weighted by atomic mass is 9.89. The summed E-state index contributed by atoms with van der Waals surface area (Å²) in [6.45, 7) is 2.22. The summed E-state index contributed by atoms with van der Waals surface area (Å²) >= 11 is 13.8. The second-order valence-electron chi connectivity index (χ2n) is 6.76. The first kappa shape index (κ1) is 18.2. The molecule has 1 N–H and O–H groups in total. The maximum atomic E-state index is 12.7. The lowest BCUT2D eigenvalue weighted by Crippen LogP contribution is -2.14. The minimum Gasteiger partial charge on any atom is -0.305 e. The van der Waals surface area contributed by atoms with E-state index >= 15 is 0 Å². The molecule has 4 rings (SSSR count). The van der Waals surface area contributed by atoms with E-state index in [1.165, 1.54) is 4.88 Å². The van der Waals surface area contributed by atoms with Gasteiger partial charge in [0.05, 0.1) is 21.0 Å². The molecular weight excluding hydrogens is 401 g/mol. The molecule has 0 saturated heterocycles. The predicted octanol–water partition coefficient (Wildman–Crippen LogP) is 5.48. The summed E-state index contributed by atoms with van der Waals surface area (Å²) in [6.07, 6.45) is 4.55. The maximum absolute atomic E-state index is 12.7. The van der Waals surface area contributed by atoms with E-state index in [0.717, 1.165) is 24.8 Å². The van der Waals surface area contributed by atoms with Crippen molar-refractivity contribution in [1.29, 1.82) is 5.26 Å². The maximum Gasteiger partial charge on any atom is 0.260 e. The number of nitrogens with one attached hydrogen (secondary N) is 1. The molecule has 136 valence electrons. The van der Waals surface area contributed by atoms with Crippen molar-refractivity contribution in [1.82, 2.24) is 9.97 Å². The van der Waals surface area contributed by atoms with Crippen LogP contribution in [0.15, 0.2) is 23.0 Å². The smallest absolute Gasteiger partial charge is 0.260 e. The Morgan fingerprint density at radius 1 is 1.44 bits per heavy atom. The Morgan fingerprint density at radius 3 is 3.04 bits per heavy atom. The van der Waals surface area contributed by atoms with Crippen LogP contribution in [0.1, 0.15) is 35.2 Å². The minimum atomic E-state index is -0.194. The number of nitrogens with zero attached hydrogens (tertiary/aromatic N) is 2. The number of rotatable bonds is 2. The second kappa shape index (κ2) is 7.12. The van der Waals surface area contributed by atoms with Gasteiger partial charge < -0.3 is 4.98 Å². The third kappa shape index (κ3) is 3.29. The Hall–Kier alpha value is -2.13. The van der Waals surface area contributed by atoms with Gasteiger partial charge in [0, 0.05) is 4.88 Å². The third-order valence-corrected chi connectivity index (χ3v) is 6.80. The lowest BCUT2D eigenvalue weighted by molar-refractivity contribution is 0.509. The van der Waals surface area contributed by atoms with Gasteiger partial charge in [-0.1, -0.05) is 42.3 Å². The van der Waals surface area contributed by atoms with E-state index in [9.17, 15) is 10.1 Å². The van der Waals surface area contributed by atoms with E-state index in [0.29, 0.717) is 31.7 Å². The summed E-state index contributed by atoms with van der Waals surface area (Å²) in [7, 11) is 0. The number of halogens is 2. The first-order valence-corrected chi connectivity index (χ1v) is 10.2. The average molecular weight is 416 g/mol. The Morgan fingerprint density at radius 2 is 2.26 bits per heavy atom. The number of hydrogen-bond donors (Lipinski definition) is 1. The van der Waals surface area contributed by atoms with Crippen molar-refractivity contribution in [3.8, 4) is 6.07 Å². The van der Waals surface area contributed by atoms with Crippen molar-refractivity contribution < 1.29 is 0 Å². The number of benzene rings is 1. The first-order valence-electron chi connectivity index (χ1n) is 8.58. The van der Waals surface area contributed by atoms with Crippen LogP contribution in [0.5, 0.6) is 0 Å². The van der Waals surface area contributed by atoms with E-state index in [-0.39, 0.29) is 17.0 Å². The molecule has 0 aliphatic heterocycles. The van der Waals surface area contributed by atoms with Crippen LogP contribution >= 0.6 is 34.5 Å². The highest BCUT2D eigenvalue weighted by Crippen LogP contribution is 2.36. The van der Waals surface area contributed by atoms with E-state index in [2.05, 4.69) is 23.0 Å². The number of aromatic amines is 1. The van der Waals surface area contributed by atoms with Crippen LogP contribution < -0.4 is 5.56 Å². The minimum absolute atomic E-state index is 0.194. The zero-order valence-electron chi connectivity index (χ0n) is 14.5. The number of thiophene rings is 1. The molecule has 1 aromatic carbocycles. The van der Waals surface area contributed by atoms with Gasteiger partial charge in [-0.05, 0) is 48.4 Å². The molecule has 27 heavy (non-hydrogen) atoms. The summed E-state index contributed by atoms with van der Waals surface area (Å²) in [5, 5.41) is 11.0. The number of nitriles is 1. The molecule has 4 nitrogen and oxygen atoms in total. The Bertz CT molecular complexity index is 1190. The van der Waals surface area contributed by atoms with E-state index in [1.54, 1.807) is 35.6 Å². The Labute approximate surface area is 170 Å². The van der Waals surface area contributed by atoms with Crippen molar-refractivity contribution in [2.45, 2.75) is 26.2 Å². The van der Waals surface area contributed by atoms with Crippen LogP contribution in [0, 0.1) is 17.2 Å². The Balaban J connectivity index is 1.86. The predicted molar refractivity (Wildman–Crippen MR) is 111 cm³/mol. The first-order chi connectivity index (χ1) is 13.0. The molecule has 1 aliphatic carbocycles. The van der Waals surface area contributed by atoms with Gasteiger partial charge >= 0.3 is 0 Å². The summed E-state index contributed by atoms with van der Waals surface area (Å²) in [5.41, 5.74) is 1.76. The fraction of sp³-hybridized carbons (Fsp3) is 0.250. The van der Waals surface area contributed by atoms with Crippen molar-refractivity contribution in [2.75, 3.05) is 0 Å². The zero-order valence-corrected chi connectivity index (χ0v) is 16.8. The monoisotopic (exact) mass is 415 g/mol. The summed E-state index contributed by atoms with van der Waals surface area (Å²) in [6, 6.07) is 7.29. The van der Waals surface area contributed by atoms with Crippen LogP contribution in [-0.4, -0.2) is 9.97 Å². The number of aryl methyl sites for hydroxylation is 1. The van der Waals surface area contributed by atoms with Gasteiger partial charge in [-0.25, -0.2) is 4.98 Å². The van der Waals surface area contributed by atoms with Gasteiger partial charge in [-0.15, -0.1) is 11.3 Å². The van der Waals surface area contributed by atoms with Crippen LogP contribution in [-0.2, 0) is 12.8 Å². The molecule has 0 bridgehead atoms. The van der Waals surface area contributed by atoms with Gasteiger partial charge in [-0.2, -0.15) is 5.26 Å². The number of H-pyrrole nitrogens is 1. The number of hydrogen-bond acceptors (Lipinski definition) is 4. The van der Waals surface area contributed by atoms with Crippen LogP contribution in [0.4, 0.5) is 0 Å². The van der Waals surface area contributed by atoms with E-state index in [1.807, 2.05) is 0 Å². The van der Waals surface area contributed by atoms with Crippen LogP contribution in [0.2, 0.25) is 10.0 Å². The fourth-order valence-electron chi connectivity index (χ4n) is 3.42. The molecule has 1 unspecified atom stereocenters. The molecule has 0 fully saturated rings. The molecule has 0 amide bonds. The molecule has 1 atom stereocenters. The van der Waals surface area contributed by atoms with Gasteiger partial charge in [-0.3, -0.25) is 4.79 Å². The van der Waals surface area contributed by atoms with Crippen molar-refractivity contribution >= 4 is 56.4 Å². The molecule has 7 heteroatoms. The van der Waals surface area contributed by atoms with E-state index < -0.39 is 0 Å². The highest BCUT2D eigenvalue weighted by Gasteiger charge is 2.23. The molecule has 3 aromatic rings. The van der Waals surface area contributed by atoms with Crippen molar-refractivity contribution in [3.63, 3.8) is 0 Å². The highest BCUT2D eigenvalue weighted by atomic mass is 35.5. The van der Waals surface area contributed by atoms with Crippen LogP contribution in [0.25, 0.3) is 21.9 Å². The molecule has 0 spiro atoms. The zero-order chi connectivity index (χ0) is 19.1. The number of allylic oxidation sites excluding steroid dienone is 1. The summed E-state index contributed by atoms with van der Waals surface area (Å²) in [4.78, 5) is 22.0. The molecule has 0 radical (unpaired) electrons. The molecular formula is C20H15Cl2N3OS. The lowest BCUT2D eigenvalue weighted by Gasteiger charge is -2.17. The number of fused-ring (bicyclic) bond motifs is 3. The molecule has 0 saturated carbocycles. The summed E-state index contributed by atoms with van der Waals surface area (Å²) < 4.78 is 0. The second-order valence-corrected chi connectivity index (χ2v) is 8.63.